The second-order valence-corrected chi connectivity index (χ2v) is 8.76. The summed E-state index contributed by atoms with van der Waals surface area (Å²) in [4.78, 5) is 10.7. The molecule has 0 radical (unpaired) electrons. The fourth-order valence-corrected chi connectivity index (χ4v) is 5.81. The number of ether oxygens (including phenoxy) is 1. The molecule has 1 unspecified atom stereocenters. The van der Waals surface area contributed by atoms with E-state index in [9.17, 15) is 18.5 Å². The number of nitro benzene ring substituents is 1. The van der Waals surface area contributed by atoms with Crippen LogP contribution in [0.3, 0.4) is 0 Å². The molecule has 2 aromatic rings. The lowest BCUT2D eigenvalue weighted by Crippen LogP contribution is -2.35. The van der Waals surface area contributed by atoms with Crippen molar-refractivity contribution in [1.29, 1.82) is 0 Å². The van der Waals surface area contributed by atoms with E-state index in [1.54, 1.807) is 32.2 Å². The summed E-state index contributed by atoms with van der Waals surface area (Å²) in [6.45, 7) is 1.94. The minimum absolute atomic E-state index is 0.208. The lowest BCUT2D eigenvalue weighted by Gasteiger charge is -2.30. The Morgan fingerprint density at radius 3 is 2.46 bits per heavy atom. The van der Waals surface area contributed by atoms with Gasteiger partial charge in [-0.2, -0.15) is 4.31 Å². The molecule has 2 aromatic carbocycles. The molecule has 0 aliphatic carbocycles. The zero-order valence-corrected chi connectivity index (χ0v) is 16.8. The van der Waals surface area contributed by atoms with Crippen molar-refractivity contribution in [2.75, 3.05) is 13.7 Å². The van der Waals surface area contributed by atoms with Crippen LogP contribution in [0.15, 0.2) is 47.4 Å². The molecular formula is C20H24N2O5S. The van der Waals surface area contributed by atoms with Crippen molar-refractivity contribution >= 4 is 15.7 Å². The van der Waals surface area contributed by atoms with Crippen molar-refractivity contribution in [1.82, 2.24) is 4.31 Å². The van der Waals surface area contributed by atoms with Crippen LogP contribution in [0.5, 0.6) is 5.75 Å². The van der Waals surface area contributed by atoms with Gasteiger partial charge in [-0.05, 0) is 43.0 Å². The molecule has 1 atom stereocenters. The van der Waals surface area contributed by atoms with E-state index >= 15 is 0 Å². The van der Waals surface area contributed by atoms with Crippen molar-refractivity contribution in [3.05, 3.63) is 63.7 Å². The van der Waals surface area contributed by atoms with E-state index in [-0.39, 0.29) is 16.6 Å². The monoisotopic (exact) mass is 404 g/mol. The van der Waals surface area contributed by atoms with Gasteiger partial charge in [-0.15, -0.1) is 0 Å². The number of methoxy groups -OCH3 is 1. The Morgan fingerprint density at radius 2 is 1.82 bits per heavy atom. The largest absolute Gasteiger partial charge is 0.497 e. The Labute approximate surface area is 165 Å². The molecule has 0 spiro atoms. The minimum Gasteiger partial charge on any atom is -0.497 e. The van der Waals surface area contributed by atoms with Crippen LogP contribution in [0, 0.1) is 17.0 Å². The summed E-state index contributed by atoms with van der Waals surface area (Å²) in [5.41, 5.74) is 0.868. The lowest BCUT2D eigenvalue weighted by molar-refractivity contribution is -0.387. The van der Waals surface area contributed by atoms with E-state index in [0.29, 0.717) is 24.3 Å². The first kappa shape index (κ1) is 20.3. The number of hydrogen-bond acceptors (Lipinski definition) is 5. The van der Waals surface area contributed by atoms with Crippen LogP contribution < -0.4 is 4.74 Å². The normalized spacial score (nSPS) is 18.4. The van der Waals surface area contributed by atoms with Gasteiger partial charge in [0.2, 0.25) is 0 Å². The molecule has 1 heterocycles. The van der Waals surface area contributed by atoms with Gasteiger partial charge < -0.3 is 4.74 Å². The Bertz CT molecular complexity index is 957. The topological polar surface area (TPSA) is 89.8 Å². The molecule has 28 heavy (non-hydrogen) atoms. The molecule has 0 N–H and O–H groups in total. The number of hydrogen-bond donors (Lipinski definition) is 0. The highest BCUT2D eigenvalue weighted by Crippen LogP contribution is 2.38. The van der Waals surface area contributed by atoms with Gasteiger partial charge in [0.25, 0.3) is 15.7 Å². The third-order valence-corrected chi connectivity index (χ3v) is 7.26. The number of nitro groups is 1. The minimum atomic E-state index is -4.04. The highest BCUT2D eigenvalue weighted by atomic mass is 32.2. The first-order chi connectivity index (χ1) is 13.4. The molecule has 1 aliphatic heterocycles. The average Bonchev–Trinajstić information content (AvgIpc) is 2.94. The Balaban J connectivity index is 2.10. The molecule has 1 aliphatic rings. The number of benzene rings is 2. The maximum atomic E-state index is 13.6. The number of nitrogens with zero attached hydrogens (tertiary/aromatic N) is 2. The third-order valence-electron chi connectivity index (χ3n) is 5.16. The van der Waals surface area contributed by atoms with Gasteiger partial charge in [0.15, 0.2) is 4.90 Å². The third kappa shape index (κ3) is 3.88. The second-order valence-electron chi connectivity index (χ2n) is 6.93. The average molecular weight is 404 g/mol. The van der Waals surface area contributed by atoms with E-state index in [0.717, 1.165) is 24.8 Å². The fraction of sp³-hybridized carbons (Fsp3) is 0.400. The maximum absolute atomic E-state index is 13.6. The van der Waals surface area contributed by atoms with Crippen LogP contribution in [0.25, 0.3) is 0 Å². The second kappa shape index (κ2) is 8.28. The molecule has 150 valence electrons. The molecule has 8 heteroatoms. The van der Waals surface area contributed by atoms with Crippen LogP contribution in [0.4, 0.5) is 5.69 Å². The van der Waals surface area contributed by atoms with Gasteiger partial charge in [0.1, 0.15) is 5.75 Å². The van der Waals surface area contributed by atoms with Crippen molar-refractivity contribution in [3.8, 4) is 5.75 Å². The first-order valence-corrected chi connectivity index (χ1v) is 10.7. The number of rotatable bonds is 5. The van der Waals surface area contributed by atoms with Crippen LogP contribution >= 0.6 is 0 Å². The van der Waals surface area contributed by atoms with Crippen LogP contribution in [0.2, 0.25) is 0 Å². The molecule has 0 saturated carbocycles. The zero-order chi connectivity index (χ0) is 20.3. The summed E-state index contributed by atoms with van der Waals surface area (Å²) >= 11 is 0. The number of aryl methyl sites for hydroxylation is 1. The summed E-state index contributed by atoms with van der Waals surface area (Å²) in [7, 11) is -2.47. The Hall–Kier alpha value is -2.45. The summed E-state index contributed by atoms with van der Waals surface area (Å²) < 4.78 is 33.8. The molecule has 0 bridgehead atoms. The fourth-order valence-electron chi connectivity index (χ4n) is 3.76. The molecule has 7 nitrogen and oxygen atoms in total. The van der Waals surface area contributed by atoms with Gasteiger partial charge in [-0.1, -0.05) is 37.1 Å². The van der Waals surface area contributed by atoms with Gasteiger partial charge in [0, 0.05) is 12.6 Å². The molecule has 3 rings (SSSR count). The van der Waals surface area contributed by atoms with Gasteiger partial charge in [-0.25, -0.2) is 8.42 Å². The van der Waals surface area contributed by atoms with Crippen molar-refractivity contribution < 1.29 is 18.1 Å². The predicted molar refractivity (Wildman–Crippen MR) is 106 cm³/mol. The quantitative estimate of drug-likeness (QED) is 0.550. The summed E-state index contributed by atoms with van der Waals surface area (Å²) in [6.07, 6.45) is 3.23. The van der Waals surface area contributed by atoms with Crippen LogP contribution in [0.1, 0.15) is 42.9 Å². The number of sulfonamides is 1. The van der Waals surface area contributed by atoms with Crippen LogP contribution in [-0.4, -0.2) is 31.3 Å². The standard InChI is InChI=1S/C20H24N2O5S/c1-15-7-6-9-19(22(23)24)20(15)28(25,26)21-14-5-3-4-8-18(21)16-10-12-17(27-2)13-11-16/h6-7,9-13,18H,3-5,8,14H2,1-2H3. The van der Waals surface area contributed by atoms with Crippen molar-refractivity contribution in [3.63, 3.8) is 0 Å². The smallest absolute Gasteiger partial charge is 0.289 e. The molecule has 1 fully saturated rings. The highest BCUT2D eigenvalue weighted by Gasteiger charge is 2.38. The SMILES string of the molecule is COc1ccc(C2CCCCCN2S(=O)(=O)c2c(C)cccc2[N+](=O)[O-])cc1. The van der Waals surface area contributed by atoms with Gasteiger partial charge in [-0.3, -0.25) is 10.1 Å². The van der Waals surface area contributed by atoms with E-state index in [1.807, 2.05) is 12.1 Å². The van der Waals surface area contributed by atoms with E-state index in [2.05, 4.69) is 0 Å². The van der Waals surface area contributed by atoms with Crippen LogP contribution in [-0.2, 0) is 10.0 Å². The Morgan fingerprint density at radius 1 is 1.11 bits per heavy atom. The van der Waals surface area contributed by atoms with E-state index in [1.165, 1.54) is 16.4 Å². The van der Waals surface area contributed by atoms with Crippen molar-refractivity contribution in [2.45, 2.75) is 43.5 Å². The first-order valence-electron chi connectivity index (χ1n) is 9.26. The lowest BCUT2D eigenvalue weighted by atomic mass is 10.0. The molecule has 0 amide bonds. The predicted octanol–water partition coefficient (Wildman–Crippen LogP) is 4.22. The summed E-state index contributed by atoms with van der Waals surface area (Å²) in [5.74, 6) is 0.696. The van der Waals surface area contributed by atoms with E-state index in [4.69, 9.17) is 4.74 Å². The maximum Gasteiger partial charge on any atom is 0.289 e. The highest BCUT2D eigenvalue weighted by molar-refractivity contribution is 7.89. The molecule has 0 aromatic heterocycles. The molecule has 1 saturated heterocycles. The summed E-state index contributed by atoms with van der Waals surface area (Å²) in [5, 5.41) is 11.5. The Kier molecular flexibility index (Phi) is 6.00. The summed E-state index contributed by atoms with van der Waals surface area (Å²) in [6, 6.07) is 11.3. The molecular weight excluding hydrogens is 380 g/mol. The van der Waals surface area contributed by atoms with Gasteiger partial charge >= 0.3 is 0 Å². The van der Waals surface area contributed by atoms with E-state index < -0.39 is 14.9 Å². The van der Waals surface area contributed by atoms with Gasteiger partial charge in [0.05, 0.1) is 18.1 Å². The van der Waals surface area contributed by atoms with Crippen molar-refractivity contribution in [2.24, 2.45) is 0 Å². The zero-order valence-electron chi connectivity index (χ0n) is 16.0.